The van der Waals surface area contributed by atoms with E-state index in [0.717, 1.165) is 33.2 Å². The number of carbonyl (C=O) groups is 1. The van der Waals surface area contributed by atoms with Crippen LogP contribution >= 0.6 is 0 Å². The lowest BCUT2D eigenvalue weighted by molar-refractivity contribution is -0.0709. The second-order valence-corrected chi connectivity index (χ2v) is 6.09. The molecule has 0 radical (unpaired) electrons. The Bertz CT molecular complexity index is 1030. The number of amides is 2. The van der Waals surface area contributed by atoms with Crippen LogP contribution < -0.4 is 10.5 Å². The maximum atomic E-state index is 11.1. The summed E-state index contributed by atoms with van der Waals surface area (Å²) in [5.74, 6) is 7.17. The number of urea groups is 1. The van der Waals surface area contributed by atoms with Crippen LogP contribution in [-0.2, 0) is 0 Å². The number of methoxy groups -OCH3 is 1. The Balaban J connectivity index is 1.89. The third-order valence-corrected chi connectivity index (χ3v) is 4.43. The summed E-state index contributed by atoms with van der Waals surface area (Å²) in [4.78, 5) is 11.1. The number of ether oxygens (including phenoxy) is 1. The largest absolute Gasteiger partial charge is 0.496 e. The normalized spacial score (nSPS) is 11.4. The summed E-state index contributed by atoms with van der Waals surface area (Å²) in [5.41, 5.74) is 7.59. The number of hydrogen-bond donors (Lipinski definition) is 2. The molecule has 0 saturated heterocycles. The fourth-order valence-corrected chi connectivity index (χ4v) is 2.87. The highest BCUT2D eigenvalue weighted by atomic mass is 16.5. The van der Waals surface area contributed by atoms with Crippen molar-refractivity contribution >= 4 is 16.8 Å². The summed E-state index contributed by atoms with van der Waals surface area (Å²) in [7, 11) is 1.65. The summed E-state index contributed by atoms with van der Waals surface area (Å²) in [6.45, 7) is 1.69. The zero-order valence-electron chi connectivity index (χ0n) is 15.1. The Morgan fingerprint density at radius 1 is 1.04 bits per heavy atom. The molecule has 0 bridgehead atoms. The van der Waals surface area contributed by atoms with E-state index in [9.17, 15) is 10.0 Å². The van der Waals surface area contributed by atoms with E-state index in [2.05, 4.69) is 11.8 Å². The molecule has 0 saturated carbocycles. The second-order valence-electron chi connectivity index (χ2n) is 6.09. The van der Waals surface area contributed by atoms with Gasteiger partial charge in [-0.2, -0.15) is 5.06 Å². The molecular weight excluding hydrogens is 340 g/mol. The molecule has 0 aromatic heterocycles. The minimum absolute atomic E-state index is 0.504. The zero-order chi connectivity index (χ0) is 19.4. The molecular formula is C22H20N2O3. The summed E-state index contributed by atoms with van der Waals surface area (Å²) in [6, 6.07) is 17.7. The van der Waals surface area contributed by atoms with E-state index in [1.54, 1.807) is 14.0 Å². The predicted molar refractivity (Wildman–Crippen MR) is 105 cm³/mol. The molecule has 5 nitrogen and oxygen atoms in total. The van der Waals surface area contributed by atoms with Gasteiger partial charge in [0.25, 0.3) is 0 Å². The summed E-state index contributed by atoms with van der Waals surface area (Å²) < 4.78 is 5.41. The van der Waals surface area contributed by atoms with Crippen LogP contribution in [0.5, 0.6) is 5.75 Å². The summed E-state index contributed by atoms with van der Waals surface area (Å²) in [6.07, 6.45) is 0. The van der Waals surface area contributed by atoms with Gasteiger partial charge in [-0.3, -0.25) is 5.21 Å². The van der Waals surface area contributed by atoms with Gasteiger partial charge >= 0.3 is 6.03 Å². The van der Waals surface area contributed by atoms with Gasteiger partial charge in [-0.15, -0.1) is 0 Å². The lowest BCUT2D eigenvalue weighted by Gasteiger charge is -2.20. The first-order valence-electron chi connectivity index (χ1n) is 8.46. The fourth-order valence-electron chi connectivity index (χ4n) is 2.87. The maximum absolute atomic E-state index is 11.1. The van der Waals surface area contributed by atoms with Gasteiger partial charge in [-0.1, -0.05) is 48.2 Å². The Morgan fingerprint density at radius 3 is 2.33 bits per heavy atom. The first-order chi connectivity index (χ1) is 13.0. The Labute approximate surface area is 157 Å². The minimum Gasteiger partial charge on any atom is -0.496 e. The summed E-state index contributed by atoms with van der Waals surface area (Å²) in [5, 5.41) is 12.2. The topological polar surface area (TPSA) is 75.8 Å². The van der Waals surface area contributed by atoms with Gasteiger partial charge in [0.1, 0.15) is 5.75 Å². The van der Waals surface area contributed by atoms with Crippen molar-refractivity contribution in [2.45, 2.75) is 13.0 Å². The monoisotopic (exact) mass is 360 g/mol. The number of nitrogens with zero attached hydrogens (tertiary/aromatic N) is 1. The third-order valence-electron chi connectivity index (χ3n) is 4.43. The molecule has 3 N–H and O–H groups in total. The molecule has 3 aromatic carbocycles. The van der Waals surface area contributed by atoms with Crippen LogP contribution in [0.25, 0.3) is 10.8 Å². The molecule has 5 heteroatoms. The molecule has 27 heavy (non-hydrogen) atoms. The average Bonchev–Trinajstić information content (AvgIpc) is 2.71. The van der Waals surface area contributed by atoms with Crippen LogP contribution in [0.2, 0.25) is 0 Å². The van der Waals surface area contributed by atoms with Crippen LogP contribution in [0, 0.1) is 11.8 Å². The first-order valence-corrected chi connectivity index (χ1v) is 8.46. The van der Waals surface area contributed by atoms with E-state index < -0.39 is 12.1 Å². The highest BCUT2D eigenvalue weighted by Gasteiger charge is 2.16. The van der Waals surface area contributed by atoms with Crippen molar-refractivity contribution in [1.29, 1.82) is 0 Å². The van der Waals surface area contributed by atoms with E-state index in [0.29, 0.717) is 5.06 Å². The lowest BCUT2D eigenvalue weighted by atomic mass is 10.0. The van der Waals surface area contributed by atoms with Crippen molar-refractivity contribution < 1.29 is 14.7 Å². The van der Waals surface area contributed by atoms with Gasteiger partial charge in [0.15, 0.2) is 0 Å². The number of rotatable bonds is 3. The molecule has 0 fully saturated rings. The average molecular weight is 360 g/mol. The molecule has 0 aliphatic carbocycles. The molecule has 0 aliphatic heterocycles. The second kappa shape index (κ2) is 7.81. The van der Waals surface area contributed by atoms with Crippen LogP contribution in [-0.4, -0.2) is 23.4 Å². The smallest absolute Gasteiger partial charge is 0.339 e. The maximum Gasteiger partial charge on any atom is 0.339 e. The van der Waals surface area contributed by atoms with E-state index >= 15 is 0 Å². The van der Waals surface area contributed by atoms with Crippen LogP contribution in [0.1, 0.15) is 29.7 Å². The Hall–Kier alpha value is -3.49. The molecule has 3 aromatic rings. The quantitative estimate of drug-likeness (QED) is 0.420. The SMILES string of the molecule is COc1ccc(C#Cc2ccc(C(C)N(O)C(N)=O)cc2)c2ccccc12. The predicted octanol–water partition coefficient (Wildman–Crippen LogP) is 4.08. The minimum atomic E-state index is -0.891. The van der Waals surface area contributed by atoms with Gasteiger partial charge in [0, 0.05) is 21.9 Å². The van der Waals surface area contributed by atoms with Crippen LogP contribution in [0.3, 0.4) is 0 Å². The van der Waals surface area contributed by atoms with Crippen molar-refractivity contribution in [3.8, 4) is 17.6 Å². The molecule has 0 spiro atoms. The fraction of sp³-hybridized carbons (Fsp3) is 0.136. The number of benzene rings is 3. The van der Waals surface area contributed by atoms with Gasteiger partial charge in [0.2, 0.25) is 0 Å². The third kappa shape index (κ3) is 3.86. The van der Waals surface area contributed by atoms with Gasteiger partial charge in [0.05, 0.1) is 13.2 Å². The number of nitrogens with two attached hydrogens (primary N) is 1. The zero-order valence-corrected chi connectivity index (χ0v) is 15.1. The van der Waals surface area contributed by atoms with Crippen LogP contribution in [0.15, 0.2) is 60.7 Å². The van der Waals surface area contributed by atoms with E-state index in [1.807, 2.05) is 60.7 Å². The number of primary amides is 1. The van der Waals surface area contributed by atoms with E-state index in [4.69, 9.17) is 10.5 Å². The Kier molecular flexibility index (Phi) is 5.30. The van der Waals surface area contributed by atoms with Gasteiger partial charge in [-0.25, -0.2) is 4.79 Å². The van der Waals surface area contributed by atoms with Crippen molar-refractivity contribution in [2.24, 2.45) is 5.73 Å². The van der Waals surface area contributed by atoms with Crippen molar-refractivity contribution in [2.75, 3.05) is 7.11 Å². The number of hydrogen-bond acceptors (Lipinski definition) is 3. The number of fused-ring (bicyclic) bond motifs is 1. The molecule has 1 atom stereocenters. The highest BCUT2D eigenvalue weighted by Crippen LogP contribution is 2.28. The van der Waals surface area contributed by atoms with Gasteiger partial charge in [-0.05, 0) is 36.8 Å². The number of carbonyl (C=O) groups excluding carboxylic acids is 1. The van der Waals surface area contributed by atoms with Crippen molar-refractivity contribution in [3.63, 3.8) is 0 Å². The molecule has 2 amide bonds. The first kappa shape index (κ1) is 18.3. The van der Waals surface area contributed by atoms with Crippen molar-refractivity contribution in [1.82, 2.24) is 5.06 Å². The van der Waals surface area contributed by atoms with E-state index in [-0.39, 0.29) is 0 Å². The molecule has 0 heterocycles. The van der Waals surface area contributed by atoms with Gasteiger partial charge < -0.3 is 10.5 Å². The standard InChI is InChI=1S/C22H20N2O3/c1-15(24(26)22(23)25)17-10-7-16(8-11-17)9-12-18-13-14-21(27-2)20-6-4-3-5-19(18)20/h3-8,10-11,13-15,26H,1-2H3,(H2,23,25). The number of hydroxylamine groups is 2. The molecule has 0 aliphatic rings. The highest BCUT2D eigenvalue weighted by molar-refractivity contribution is 5.93. The molecule has 3 rings (SSSR count). The molecule has 136 valence electrons. The lowest BCUT2D eigenvalue weighted by Crippen LogP contribution is -2.34. The van der Waals surface area contributed by atoms with E-state index in [1.165, 1.54) is 0 Å². The Morgan fingerprint density at radius 2 is 1.70 bits per heavy atom. The van der Waals surface area contributed by atoms with Crippen LogP contribution in [0.4, 0.5) is 4.79 Å². The van der Waals surface area contributed by atoms with Crippen molar-refractivity contribution in [3.05, 3.63) is 77.4 Å². The summed E-state index contributed by atoms with van der Waals surface area (Å²) >= 11 is 0. The molecule has 1 unspecified atom stereocenters.